The second-order valence-electron chi connectivity index (χ2n) is 5.37. The fraction of sp³-hybridized carbons (Fsp3) is 0.316. The molecule has 2 aromatic rings. The Morgan fingerprint density at radius 3 is 2.59 bits per heavy atom. The first-order chi connectivity index (χ1) is 13.1. The Balaban J connectivity index is 1.78. The van der Waals surface area contributed by atoms with Crippen LogP contribution in [0, 0.1) is 0 Å². The van der Waals surface area contributed by atoms with Crippen LogP contribution in [0.25, 0.3) is 0 Å². The molecule has 0 atom stereocenters. The summed E-state index contributed by atoms with van der Waals surface area (Å²) in [5, 5.41) is 6.15. The van der Waals surface area contributed by atoms with E-state index < -0.39 is 6.61 Å². The van der Waals surface area contributed by atoms with Gasteiger partial charge in [-0.3, -0.25) is 4.99 Å². The van der Waals surface area contributed by atoms with E-state index in [1.807, 2.05) is 18.2 Å². The van der Waals surface area contributed by atoms with Gasteiger partial charge in [0.1, 0.15) is 23.9 Å². The lowest BCUT2D eigenvalue weighted by molar-refractivity contribution is -0.0504. The van der Waals surface area contributed by atoms with Gasteiger partial charge in [0.2, 0.25) is 0 Å². The van der Waals surface area contributed by atoms with Crippen molar-refractivity contribution in [2.45, 2.75) is 13.2 Å². The van der Waals surface area contributed by atoms with Crippen molar-refractivity contribution in [3.05, 3.63) is 54.1 Å². The van der Waals surface area contributed by atoms with Gasteiger partial charge in [0.15, 0.2) is 5.96 Å². The Morgan fingerprint density at radius 2 is 1.85 bits per heavy atom. The predicted molar refractivity (Wildman–Crippen MR) is 99.8 cm³/mol. The minimum atomic E-state index is -2.86. The van der Waals surface area contributed by atoms with Crippen LogP contribution in [-0.2, 0) is 6.54 Å². The number of aliphatic imine (C=N–C) groups is 1. The van der Waals surface area contributed by atoms with Gasteiger partial charge >= 0.3 is 6.61 Å². The lowest BCUT2D eigenvalue weighted by Gasteiger charge is -2.15. The molecule has 2 N–H and O–H groups in total. The van der Waals surface area contributed by atoms with E-state index in [1.54, 1.807) is 38.4 Å². The lowest BCUT2D eigenvalue weighted by atomic mass is 10.2. The Kier molecular flexibility index (Phi) is 8.15. The Labute approximate surface area is 157 Å². The van der Waals surface area contributed by atoms with Gasteiger partial charge in [-0.05, 0) is 18.2 Å². The van der Waals surface area contributed by atoms with Crippen LogP contribution in [0.4, 0.5) is 8.78 Å². The number of guanidine groups is 1. The molecule has 6 nitrogen and oxygen atoms in total. The van der Waals surface area contributed by atoms with Gasteiger partial charge in [-0.15, -0.1) is 0 Å². The van der Waals surface area contributed by atoms with Gasteiger partial charge in [-0.1, -0.05) is 24.3 Å². The van der Waals surface area contributed by atoms with Crippen molar-refractivity contribution in [2.24, 2.45) is 4.99 Å². The summed E-state index contributed by atoms with van der Waals surface area (Å²) >= 11 is 0. The molecule has 146 valence electrons. The fourth-order valence-electron chi connectivity index (χ4n) is 2.29. The number of hydrogen-bond acceptors (Lipinski definition) is 4. The third-order valence-electron chi connectivity index (χ3n) is 3.56. The van der Waals surface area contributed by atoms with Gasteiger partial charge in [0.25, 0.3) is 0 Å². The molecule has 27 heavy (non-hydrogen) atoms. The minimum absolute atomic E-state index is 0.136. The summed E-state index contributed by atoms with van der Waals surface area (Å²) in [6.07, 6.45) is 0. The highest BCUT2D eigenvalue weighted by molar-refractivity contribution is 5.79. The summed E-state index contributed by atoms with van der Waals surface area (Å²) in [4.78, 5) is 4.10. The average molecular weight is 379 g/mol. The second-order valence-corrected chi connectivity index (χ2v) is 5.37. The van der Waals surface area contributed by atoms with Crippen LogP contribution in [0.5, 0.6) is 17.2 Å². The Bertz CT molecular complexity index is 742. The average Bonchev–Trinajstić information content (AvgIpc) is 2.68. The van der Waals surface area contributed by atoms with Crippen LogP contribution in [0.2, 0.25) is 0 Å². The molecule has 0 saturated heterocycles. The molecule has 0 aliphatic heterocycles. The summed E-state index contributed by atoms with van der Waals surface area (Å²) in [6.45, 7) is -1.65. The summed E-state index contributed by atoms with van der Waals surface area (Å²) in [6, 6.07) is 13.9. The summed E-state index contributed by atoms with van der Waals surface area (Å²) in [7, 11) is 3.22. The number of ether oxygens (including phenoxy) is 3. The fourth-order valence-corrected chi connectivity index (χ4v) is 2.29. The molecular formula is C19H23F2N3O3. The third kappa shape index (κ3) is 7.01. The van der Waals surface area contributed by atoms with E-state index in [9.17, 15) is 8.78 Å². The largest absolute Gasteiger partial charge is 0.497 e. The van der Waals surface area contributed by atoms with Crippen molar-refractivity contribution in [3.63, 3.8) is 0 Å². The molecule has 8 heteroatoms. The Morgan fingerprint density at radius 1 is 1.07 bits per heavy atom. The summed E-state index contributed by atoms with van der Waals surface area (Å²) in [5.41, 5.74) is 0.605. The zero-order valence-corrected chi connectivity index (χ0v) is 15.2. The molecule has 0 bridgehead atoms. The molecule has 0 heterocycles. The lowest BCUT2D eigenvalue weighted by Crippen LogP contribution is -2.39. The highest BCUT2D eigenvalue weighted by atomic mass is 19.3. The van der Waals surface area contributed by atoms with E-state index >= 15 is 0 Å². The first-order valence-corrected chi connectivity index (χ1v) is 8.36. The highest BCUT2D eigenvalue weighted by Crippen LogP contribution is 2.20. The van der Waals surface area contributed by atoms with E-state index in [4.69, 9.17) is 9.47 Å². The summed E-state index contributed by atoms with van der Waals surface area (Å²) < 4.78 is 40.2. The molecule has 0 fully saturated rings. The smallest absolute Gasteiger partial charge is 0.387 e. The Hall–Kier alpha value is -3.03. The van der Waals surface area contributed by atoms with E-state index in [0.717, 1.165) is 5.75 Å². The molecule has 2 aromatic carbocycles. The number of methoxy groups -OCH3 is 1. The highest BCUT2D eigenvalue weighted by Gasteiger charge is 2.09. The van der Waals surface area contributed by atoms with Crippen LogP contribution in [0.3, 0.4) is 0 Å². The zero-order valence-electron chi connectivity index (χ0n) is 15.2. The SMILES string of the molecule is CN=C(NCCOc1cccc(OC)c1)NCc1ccccc1OC(F)F. The number of para-hydroxylation sites is 1. The third-order valence-corrected chi connectivity index (χ3v) is 3.56. The van der Waals surface area contributed by atoms with Crippen molar-refractivity contribution in [1.29, 1.82) is 0 Å². The van der Waals surface area contributed by atoms with E-state index in [-0.39, 0.29) is 5.75 Å². The minimum Gasteiger partial charge on any atom is -0.497 e. The summed E-state index contributed by atoms with van der Waals surface area (Å²) in [5.74, 6) is 2.09. The van der Waals surface area contributed by atoms with Crippen LogP contribution >= 0.6 is 0 Å². The molecule has 0 aliphatic carbocycles. The predicted octanol–water partition coefficient (Wildman–Crippen LogP) is 3.04. The van der Waals surface area contributed by atoms with Crippen molar-refractivity contribution < 1.29 is 23.0 Å². The molecule has 0 amide bonds. The molecule has 0 saturated carbocycles. The van der Waals surface area contributed by atoms with Crippen molar-refractivity contribution in [3.8, 4) is 17.2 Å². The first-order valence-electron chi connectivity index (χ1n) is 8.36. The molecular weight excluding hydrogens is 356 g/mol. The van der Waals surface area contributed by atoms with Crippen molar-refractivity contribution in [1.82, 2.24) is 10.6 Å². The quantitative estimate of drug-likeness (QED) is 0.398. The number of alkyl halides is 2. The molecule has 0 aromatic heterocycles. The maximum absolute atomic E-state index is 12.5. The molecule has 2 rings (SSSR count). The van der Waals surface area contributed by atoms with Crippen molar-refractivity contribution >= 4 is 5.96 Å². The molecule has 0 spiro atoms. The number of halogens is 2. The van der Waals surface area contributed by atoms with E-state index in [2.05, 4.69) is 20.4 Å². The van der Waals surface area contributed by atoms with Crippen LogP contribution in [0.15, 0.2) is 53.5 Å². The van der Waals surface area contributed by atoms with Gasteiger partial charge in [-0.25, -0.2) is 0 Å². The van der Waals surface area contributed by atoms with Crippen LogP contribution < -0.4 is 24.8 Å². The zero-order chi connectivity index (χ0) is 19.5. The number of nitrogens with zero attached hydrogens (tertiary/aromatic N) is 1. The van der Waals surface area contributed by atoms with Gasteiger partial charge in [0, 0.05) is 25.2 Å². The van der Waals surface area contributed by atoms with Crippen LogP contribution in [0.1, 0.15) is 5.56 Å². The number of hydrogen-bond donors (Lipinski definition) is 2. The van der Waals surface area contributed by atoms with Gasteiger partial charge < -0.3 is 24.8 Å². The van der Waals surface area contributed by atoms with E-state index in [0.29, 0.717) is 37.0 Å². The first kappa shape index (κ1) is 20.3. The topological polar surface area (TPSA) is 64.1 Å². The van der Waals surface area contributed by atoms with E-state index in [1.165, 1.54) is 6.07 Å². The molecule has 0 aliphatic rings. The maximum atomic E-state index is 12.5. The normalized spacial score (nSPS) is 11.2. The number of benzene rings is 2. The van der Waals surface area contributed by atoms with Gasteiger partial charge in [-0.2, -0.15) is 8.78 Å². The maximum Gasteiger partial charge on any atom is 0.387 e. The standard InChI is InChI=1S/C19H23F2N3O3/c1-22-19(23-10-11-26-16-8-5-7-15(12-16)25-2)24-13-14-6-3-4-9-17(14)27-18(20)21/h3-9,12,18H,10-11,13H2,1-2H3,(H2,22,23,24). The van der Waals surface area contributed by atoms with Gasteiger partial charge in [0.05, 0.1) is 13.7 Å². The molecule has 0 unspecified atom stereocenters. The molecule has 0 radical (unpaired) electrons. The second kappa shape index (κ2) is 10.8. The van der Waals surface area contributed by atoms with Crippen LogP contribution in [-0.4, -0.2) is 39.9 Å². The monoisotopic (exact) mass is 379 g/mol. The number of nitrogens with one attached hydrogen (secondary N) is 2. The van der Waals surface area contributed by atoms with Crippen molar-refractivity contribution in [2.75, 3.05) is 27.3 Å². The number of rotatable bonds is 9.